The van der Waals surface area contributed by atoms with Gasteiger partial charge in [-0.15, -0.1) is 0 Å². The first-order chi connectivity index (χ1) is 7.42. The smallest absolute Gasteiger partial charge is 0.325 e. The summed E-state index contributed by atoms with van der Waals surface area (Å²) in [5.41, 5.74) is 0. The van der Waals surface area contributed by atoms with Gasteiger partial charge in [-0.3, -0.25) is 4.79 Å². The summed E-state index contributed by atoms with van der Waals surface area (Å²) < 4.78 is 0. The van der Waals surface area contributed by atoms with Gasteiger partial charge in [0.2, 0.25) is 0 Å². The van der Waals surface area contributed by atoms with E-state index < -0.39 is 12.0 Å². The van der Waals surface area contributed by atoms with Crippen LogP contribution in [-0.2, 0) is 4.79 Å². The molecular formula is C11H22N2O3. The minimum Gasteiger partial charge on any atom is -0.480 e. The highest BCUT2D eigenvalue weighted by Gasteiger charge is 2.19. The van der Waals surface area contributed by atoms with Gasteiger partial charge >= 0.3 is 12.0 Å². The van der Waals surface area contributed by atoms with Gasteiger partial charge in [0.15, 0.2) is 0 Å². The third-order valence-corrected chi connectivity index (χ3v) is 2.61. The summed E-state index contributed by atoms with van der Waals surface area (Å²) in [5.74, 6) is -0.598. The van der Waals surface area contributed by atoms with E-state index in [1.165, 1.54) is 6.92 Å². The largest absolute Gasteiger partial charge is 0.480 e. The van der Waals surface area contributed by atoms with E-state index in [4.69, 9.17) is 5.11 Å². The maximum Gasteiger partial charge on any atom is 0.325 e. The summed E-state index contributed by atoms with van der Waals surface area (Å²) in [5, 5.41) is 11.1. The number of aliphatic carboxylic acids is 1. The van der Waals surface area contributed by atoms with E-state index in [9.17, 15) is 9.59 Å². The van der Waals surface area contributed by atoms with Crippen molar-refractivity contribution in [1.82, 2.24) is 10.2 Å². The molecule has 0 radical (unpaired) electrons. The molecular weight excluding hydrogens is 208 g/mol. The second kappa shape index (κ2) is 7.09. The molecule has 0 aliphatic rings. The maximum absolute atomic E-state index is 11.7. The standard InChI is InChI=1S/C11H22N2O3/c1-5-8(3)7-13(6-2)11(16)12-9(4)10(14)15/h8-9H,5-7H2,1-4H3,(H,12,16)(H,14,15)/t8?,9-/m1/s1. The molecule has 0 aliphatic heterocycles. The molecule has 2 amide bonds. The van der Waals surface area contributed by atoms with Crippen LogP contribution in [0.25, 0.3) is 0 Å². The average molecular weight is 230 g/mol. The van der Waals surface area contributed by atoms with Crippen molar-refractivity contribution >= 4 is 12.0 Å². The second-order valence-electron chi connectivity index (χ2n) is 4.06. The van der Waals surface area contributed by atoms with Crippen molar-refractivity contribution in [2.24, 2.45) is 5.92 Å². The molecule has 0 aromatic heterocycles. The molecule has 0 heterocycles. The Labute approximate surface area is 96.8 Å². The molecule has 0 saturated heterocycles. The van der Waals surface area contributed by atoms with Gasteiger partial charge in [0, 0.05) is 13.1 Å². The van der Waals surface area contributed by atoms with Crippen LogP contribution in [-0.4, -0.2) is 41.1 Å². The molecule has 0 aliphatic carbocycles. The molecule has 0 aromatic rings. The number of carboxylic acids is 1. The van der Waals surface area contributed by atoms with Crippen LogP contribution in [0.2, 0.25) is 0 Å². The topological polar surface area (TPSA) is 69.6 Å². The number of carbonyl (C=O) groups is 2. The normalized spacial score (nSPS) is 14.0. The zero-order chi connectivity index (χ0) is 12.7. The van der Waals surface area contributed by atoms with Crippen molar-refractivity contribution in [2.75, 3.05) is 13.1 Å². The van der Waals surface area contributed by atoms with E-state index >= 15 is 0 Å². The molecule has 0 bridgehead atoms. The van der Waals surface area contributed by atoms with Crippen LogP contribution in [0.3, 0.4) is 0 Å². The Hall–Kier alpha value is -1.26. The molecule has 0 fully saturated rings. The van der Waals surface area contributed by atoms with E-state index in [1.54, 1.807) is 4.90 Å². The van der Waals surface area contributed by atoms with Gasteiger partial charge in [-0.05, 0) is 19.8 Å². The van der Waals surface area contributed by atoms with Gasteiger partial charge in [-0.2, -0.15) is 0 Å². The van der Waals surface area contributed by atoms with Crippen LogP contribution in [0.5, 0.6) is 0 Å². The first-order valence-electron chi connectivity index (χ1n) is 5.70. The number of amides is 2. The molecule has 1 unspecified atom stereocenters. The number of rotatable bonds is 6. The third-order valence-electron chi connectivity index (χ3n) is 2.61. The zero-order valence-corrected chi connectivity index (χ0v) is 10.5. The van der Waals surface area contributed by atoms with Crippen molar-refractivity contribution in [1.29, 1.82) is 0 Å². The Kier molecular flexibility index (Phi) is 6.53. The maximum atomic E-state index is 11.7. The lowest BCUT2D eigenvalue weighted by Crippen LogP contribution is -2.47. The Bertz CT molecular complexity index is 243. The van der Waals surface area contributed by atoms with Gasteiger partial charge < -0.3 is 15.3 Å². The number of nitrogens with zero attached hydrogens (tertiary/aromatic N) is 1. The minimum absolute atomic E-state index is 0.308. The number of hydrogen-bond donors (Lipinski definition) is 2. The first kappa shape index (κ1) is 14.7. The molecule has 0 aromatic carbocycles. The van der Waals surface area contributed by atoms with E-state index in [-0.39, 0.29) is 6.03 Å². The van der Waals surface area contributed by atoms with Crippen molar-refractivity contribution in [3.8, 4) is 0 Å². The molecule has 2 atom stereocenters. The first-order valence-corrected chi connectivity index (χ1v) is 5.70. The summed E-state index contributed by atoms with van der Waals surface area (Å²) in [4.78, 5) is 23.9. The molecule has 2 N–H and O–H groups in total. The number of carbonyl (C=O) groups excluding carboxylic acids is 1. The molecule has 5 heteroatoms. The Balaban J connectivity index is 4.25. The molecule has 94 valence electrons. The van der Waals surface area contributed by atoms with E-state index in [0.717, 1.165) is 6.42 Å². The van der Waals surface area contributed by atoms with Crippen LogP contribution < -0.4 is 5.32 Å². The van der Waals surface area contributed by atoms with E-state index in [1.807, 2.05) is 6.92 Å². The fourth-order valence-electron chi connectivity index (χ4n) is 1.20. The highest BCUT2D eigenvalue weighted by Crippen LogP contribution is 2.04. The molecule has 0 saturated carbocycles. The fraction of sp³-hybridized carbons (Fsp3) is 0.818. The SMILES string of the molecule is CCC(C)CN(CC)C(=O)N[C@H](C)C(=O)O. The highest BCUT2D eigenvalue weighted by molar-refractivity contribution is 5.82. The fourth-order valence-corrected chi connectivity index (χ4v) is 1.20. The summed E-state index contributed by atoms with van der Waals surface area (Å²) >= 11 is 0. The quantitative estimate of drug-likeness (QED) is 0.727. The van der Waals surface area contributed by atoms with Gasteiger partial charge in [0.1, 0.15) is 6.04 Å². The van der Waals surface area contributed by atoms with Crippen molar-refractivity contribution < 1.29 is 14.7 Å². The van der Waals surface area contributed by atoms with Crippen molar-refractivity contribution in [2.45, 2.75) is 40.2 Å². The lowest BCUT2D eigenvalue weighted by Gasteiger charge is -2.25. The number of nitrogens with one attached hydrogen (secondary N) is 1. The molecule has 5 nitrogen and oxygen atoms in total. The van der Waals surface area contributed by atoms with Crippen LogP contribution in [0.4, 0.5) is 4.79 Å². The van der Waals surface area contributed by atoms with Crippen molar-refractivity contribution in [3.05, 3.63) is 0 Å². The van der Waals surface area contributed by atoms with Crippen LogP contribution in [0.1, 0.15) is 34.1 Å². The summed E-state index contributed by atoms with van der Waals surface area (Å²) in [7, 11) is 0. The summed E-state index contributed by atoms with van der Waals surface area (Å²) in [6, 6.07) is -1.16. The number of hydrogen-bond acceptors (Lipinski definition) is 2. The molecule has 0 rings (SSSR count). The van der Waals surface area contributed by atoms with E-state index in [0.29, 0.717) is 19.0 Å². The lowest BCUT2D eigenvalue weighted by atomic mass is 10.1. The second-order valence-corrected chi connectivity index (χ2v) is 4.06. The van der Waals surface area contributed by atoms with Gasteiger partial charge in [0.05, 0.1) is 0 Å². The van der Waals surface area contributed by atoms with E-state index in [2.05, 4.69) is 19.2 Å². The minimum atomic E-state index is -1.02. The van der Waals surface area contributed by atoms with Crippen molar-refractivity contribution in [3.63, 3.8) is 0 Å². The van der Waals surface area contributed by atoms with Crippen LogP contribution in [0, 0.1) is 5.92 Å². The third kappa shape index (κ3) is 5.00. The number of urea groups is 1. The predicted molar refractivity (Wildman–Crippen MR) is 62.3 cm³/mol. The Morgan fingerprint density at radius 3 is 2.25 bits per heavy atom. The highest BCUT2D eigenvalue weighted by atomic mass is 16.4. The summed E-state index contributed by atoms with van der Waals surface area (Å²) in [6.07, 6.45) is 0.998. The van der Waals surface area contributed by atoms with Gasteiger partial charge in [0.25, 0.3) is 0 Å². The summed E-state index contributed by atoms with van der Waals surface area (Å²) in [6.45, 7) is 8.71. The van der Waals surface area contributed by atoms with Gasteiger partial charge in [-0.1, -0.05) is 20.3 Å². The average Bonchev–Trinajstić information content (AvgIpc) is 2.24. The van der Waals surface area contributed by atoms with Crippen LogP contribution >= 0.6 is 0 Å². The Morgan fingerprint density at radius 2 is 1.88 bits per heavy atom. The van der Waals surface area contributed by atoms with Gasteiger partial charge in [-0.25, -0.2) is 4.79 Å². The lowest BCUT2D eigenvalue weighted by molar-refractivity contribution is -0.138. The monoisotopic (exact) mass is 230 g/mol. The molecule has 0 spiro atoms. The number of carboxylic acid groups (broad SMARTS) is 1. The predicted octanol–water partition coefficient (Wildman–Crippen LogP) is 1.54. The van der Waals surface area contributed by atoms with Crippen LogP contribution in [0.15, 0.2) is 0 Å². The Morgan fingerprint density at radius 1 is 1.31 bits per heavy atom. The zero-order valence-electron chi connectivity index (χ0n) is 10.5. The molecule has 16 heavy (non-hydrogen) atoms.